The molecule has 2 atom stereocenters. The number of halogens is 5. The van der Waals surface area contributed by atoms with Gasteiger partial charge in [0.2, 0.25) is 0 Å². The molecule has 0 aliphatic carbocycles. The molecule has 0 spiro atoms. The second-order valence-electron chi connectivity index (χ2n) is 10.1. The van der Waals surface area contributed by atoms with Gasteiger partial charge in [0.1, 0.15) is 17.5 Å². The number of hydrogen-bond acceptors (Lipinski definition) is 9. The number of aromatic nitrogens is 8. The molecule has 4 aromatic heterocycles. The molecule has 0 radical (unpaired) electrons. The summed E-state index contributed by atoms with van der Waals surface area (Å²) in [4.78, 5) is 20.4. The first kappa shape index (κ1) is 31.6. The second kappa shape index (κ2) is 13.3. The Hall–Kier alpha value is -4.38. The smallest absolute Gasteiger partial charge is 0.373 e. The van der Waals surface area contributed by atoms with E-state index in [2.05, 4.69) is 41.2 Å². The Morgan fingerprint density at radius 2 is 1.79 bits per heavy atom. The maximum Gasteiger partial charge on any atom is 0.416 e. The summed E-state index contributed by atoms with van der Waals surface area (Å²) >= 11 is 0. The number of aryl methyl sites for hydroxylation is 1. The van der Waals surface area contributed by atoms with Gasteiger partial charge in [-0.3, -0.25) is 24.8 Å². The highest BCUT2D eigenvalue weighted by atomic mass is 19.4. The number of nitrogens with zero attached hydrogens (tertiary/aromatic N) is 8. The van der Waals surface area contributed by atoms with E-state index in [-0.39, 0.29) is 55.4 Å². The molecular weight excluding hydrogens is 579 g/mol. The van der Waals surface area contributed by atoms with Gasteiger partial charge in [0.25, 0.3) is 5.91 Å². The van der Waals surface area contributed by atoms with Crippen LogP contribution in [0.15, 0.2) is 48.9 Å². The van der Waals surface area contributed by atoms with Crippen LogP contribution in [0.3, 0.4) is 0 Å². The fourth-order valence-electron chi connectivity index (χ4n) is 3.83. The molecule has 0 aromatic carbocycles. The van der Waals surface area contributed by atoms with Crippen molar-refractivity contribution in [3.8, 4) is 0 Å². The zero-order chi connectivity index (χ0) is 31.2. The minimum Gasteiger partial charge on any atom is -0.373 e. The minimum atomic E-state index is -4.54. The topological polar surface area (TPSA) is 149 Å². The summed E-state index contributed by atoms with van der Waals surface area (Å²) in [5.41, 5.74) is -1.64. The molecule has 0 saturated carbocycles. The Morgan fingerprint density at radius 3 is 2.53 bits per heavy atom. The van der Waals surface area contributed by atoms with E-state index >= 15 is 0 Å². The minimum absolute atomic E-state index is 0.00320. The van der Waals surface area contributed by atoms with Crippen molar-refractivity contribution in [3.63, 3.8) is 0 Å². The standard InChI is InChI=1S/C26H29F5N10O2/c1-25(2,28)22-5-3-4-18(35-22)11-33-23(42)20-14-40(38-36-20)9-7-17(27)13-41-15-21(37-39-41)24(43)34-12-19-10-16(6-8-32-19)26(29,30)31/h3-6,8,10,14-15,17,23,33,42H,7,9,11-13H2,1-2H3,(H,34,43). The van der Waals surface area contributed by atoms with Crippen molar-refractivity contribution in [2.24, 2.45) is 0 Å². The zero-order valence-electron chi connectivity index (χ0n) is 23.1. The van der Waals surface area contributed by atoms with E-state index in [1.807, 2.05) is 0 Å². The molecule has 4 rings (SSSR count). The molecule has 3 N–H and O–H groups in total. The highest BCUT2D eigenvalue weighted by Crippen LogP contribution is 2.29. The number of alkyl halides is 5. The van der Waals surface area contributed by atoms with Crippen LogP contribution in [0.1, 0.15) is 65.3 Å². The molecule has 0 saturated heterocycles. The first-order valence-corrected chi connectivity index (χ1v) is 13.1. The number of carbonyl (C=O) groups excluding carboxylic acids is 1. The van der Waals surface area contributed by atoms with Gasteiger partial charge >= 0.3 is 6.18 Å². The van der Waals surface area contributed by atoms with Gasteiger partial charge in [-0.05, 0) is 38.1 Å². The van der Waals surface area contributed by atoms with E-state index in [9.17, 15) is 31.9 Å². The fraction of sp³-hybridized carbons (Fsp3) is 0.423. The van der Waals surface area contributed by atoms with Crippen molar-refractivity contribution >= 4 is 5.91 Å². The lowest BCUT2D eigenvalue weighted by molar-refractivity contribution is -0.137. The van der Waals surface area contributed by atoms with Crippen LogP contribution in [0.4, 0.5) is 22.0 Å². The van der Waals surface area contributed by atoms with Crippen molar-refractivity contribution < 1.29 is 31.9 Å². The van der Waals surface area contributed by atoms with Crippen LogP contribution in [0.5, 0.6) is 0 Å². The van der Waals surface area contributed by atoms with Crippen LogP contribution in [0.2, 0.25) is 0 Å². The first-order chi connectivity index (χ1) is 20.3. The van der Waals surface area contributed by atoms with Gasteiger partial charge in [0.05, 0.1) is 48.1 Å². The largest absolute Gasteiger partial charge is 0.416 e. The molecule has 0 aliphatic rings. The lowest BCUT2D eigenvalue weighted by Gasteiger charge is -2.15. The molecule has 4 aromatic rings. The van der Waals surface area contributed by atoms with E-state index in [0.29, 0.717) is 5.69 Å². The maximum atomic E-state index is 14.6. The van der Waals surface area contributed by atoms with Gasteiger partial charge in [-0.25, -0.2) is 13.5 Å². The molecule has 12 nitrogen and oxygen atoms in total. The van der Waals surface area contributed by atoms with E-state index < -0.39 is 35.7 Å². The van der Waals surface area contributed by atoms with Gasteiger partial charge in [-0.1, -0.05) is 16.5 Å². The lowest BCUT2D eigenvalue weighted by Crippen LogP contribution is -2.24. The van der Waals surface area contributed by atoms with E-state index in [0.717, 1.165) is 23.0 Å². The fourth-order valence-corrected chi connectivity index (χ4v) is 3.83. The third-order valence-electron chi connectivity index (χ3n) is 6.13. The molecular formula is C26H29F5N10O2. The molecule has 43 heavy (non-hydrogen) atoms. The van der Waals surface area contributed by atoms with Gasteiger partial charge in [-0.15, -0.1) is 10.2 Å². The van der Waals surface area contributed by atoms with E-state index in [1.165, 1.54) is 30.9 Å². The summed E-state index contributed by atoms with van der Waals surface area (Å²) in [6.07, 6.45) is -3.46. The summed E-state index contributed by atoms with van der Waals surface area (Å²) in [7, 11) is 0. The summed E-state index contributed by atoms with van der Waals surface area (Å²) < 4.78 is 69.8. The molecule has 0 fully saturated rings. The quantitative estimate of drug-likeness (QED) is 0.154. The third-order valence-corrected chi connectivity index (χ3v) is 6.13. The highest BCUT2D eigenvalue weighted by Gasteiger charge is 2.30. The zero-order valence-corrected chi connectivity index (χ0v) is 23.1. The predicted octanol–water partition coefficient (Wildman–Crippen LogP) is 3.02. The molecule has 0 aliphatic heterocycles. The Kier molecular flexibility index (Phi) is 9.75. The summed E-state index contributed by atoms with van der Waals surface area (Å²) in [5.74, 6) is -0.710. The Balaban J connectivity index is 1.21. The van der Waals surface area contributed by atoms with Crippen molar-refractivity contribution in [1.29, 1.82) is 0 Å². The number of nitrogens with one attached hydrogen (secondary N) is 2. The van der Waals surface area contributed by atoms with Crippen molar-refractivity contribution in [2.45, 2.75) is 70.7 Å². The number of aliphatic hydroxyl groups excluding tert-OH is 1. The SMILES string of the molecule is CC(C)(F)c1cccc(CNC(O)c2cn(CCC(F)Cn3cc(C(=O)NCc4cc(C(F)(F)F)ccn4)nn3)nn2)n1. The van der Waals surface area contributed by atoms with Gasteiger partial charge in [-0.2, -0.15) is 13.2 Å². The van der Waals surface area contributed by atoms with Crippen LogP contribution >= 0.6 is 0 Å². The molecule has 230 valence electrons. The van der Waals surface area contributed by atoms with Crippen LogP contribution in [-0.4, -0.2) is 57.1 Å². The summed E-state index contributed by atoms with van der Waals surface area (Å²) in [6, 6.07) is 6.59. The lowest BCUT2D eigenvalue weighted by atomic mass is 10.1. The molecule has 2 unspecified atom stereocenters. The van der Waals surface area contributed by atoms with Crippen LogP contribution in [0.25, 0.3) is 0 Å². The Bertz CT molecular complexity index is 1520. The second-order valence-corrected chi connectivity index (χ2v) is 10.1. The van der Waals surface area contributed by atoms with E-state index in [4.69, 9.17) is 0 Å². The van der Waals surface area contributed by atoms with Gasteiger partial charge in [0, 0.05) is 25.7 Å². The number of rotatable bonds is 13. The average Bonchev–Trinajstić information content (AvgIpc) is 3.63. The monoisotopic (exact) mass is 608 g/mol. The number of aliphatic hydroxyl groups is 1. The summed E-state index contributed by atoms with van der Waals surface area (Å²) in [6.45, 7) is 2.58. The Morgan fingerprint density at radius 1 is 1.02 bits per heavy atom. The normalized spacial score (nSPS) is 13.6. The van der Waals surface area contributed by atoms with Crippen molar-refractivity contribution in [2.75, 3.05) is 0 Å². The number of hydrogen-bond donors (Lipinski definition) is 3. The predicted molar refractivity (Wildman–Crippen MR) is 140 cm³/mol. The van der Waals surface area contributed by atoms with Crippen molar-refractivity contribution in [3.05, 3.63) is 83.0 Å². The van der Waals surface area contributed by atoms with Crippen LogP contribution < -0.4 is 10.6 Å². The molecule has 0 bridgehead atoms. The number of carbonyl (C=O) groups is 1. The molecule has 17 heteroatoms. The van der Waals surface area contributed by atoms with Gasteiger partial charge < -0.3 is 10.4 Å². The average molecular weight is 609 g/mol. The van der Waals surface area contributed by atoms with Gasteiger partial charge in [0.15, 0.2) is 11.9 Å². The van der Waals surface area contributed by atoms with Crippen LogP contribution in [0, 0.1) is 0 Å². The first-order valence-electron chi connectivity index (χ1n) is 13.1. The molecule has 1 amide bonds. The van der Waals surface area contributed by atoms with Crippen LogP contribution in [-0.2, 0) is 38.0 Å². The number of pyridine rings is 2. The Labute approximate surface area is 242 Å². The molecule has 4 heterocycles. The van der Waals surface area contributed by atoms with Crippen molar-refractivity contribution in [1.82, 2.24) is 50.6 Å². The van der Waals surface area contributed by atoms with E-state index in [1.54, 1.807) is 18.2 Å². The maximum absolute atomic E-state index is 14.6. The number of amides is 1. The summed E-state index contributed by atoms with van der Waals surface area (Å²) in [5, 5.41) is 30.8. The highest BCUT2D eigenvalue weighted by molar-refractivity contribution is 5.91. The third kappa shape index (κ3) is 9.05.